The molecule has 0 radical (unpaired) electrons. The van der Waals surface area contributed by atoms with Gasteiger partial charge in [-0.3, -0.25) is 4.99 Å². The Morgan fingerprint density at radius 1 is 1.47 bits per heavy atom. The van der Waals surface area contributed by atoms with E-state index in [-0.39, 0.29) is 29.4 Å². The summed E-state index contributed by atoms with van der Waals surface area (Å²) in [6.45, 7) is 7.50. The number of guanidine groups is 1. The lowest BCUT2D eigenvalue weighted by atomic mass is 9.57. The van der Waals surface area contributed by atoms with Crippen LogP contribution in [-0.2, 0) is 4.74 Å². The SMILES string of the molecule is CN1CCN=C1NC1C2CCOC2C1(C)C.I. The van der Waals surface area contributed by atoms with Crippen LogP contribution >= 0.6 is 24.0 Å². The fourth-order valence-electron chi connectivity index (χ4n) is 3.44. The first kappa shape index (κ1) is 13.4. The van der Waals surface area contributed by atoms with Crippen LogP contribution in [0.15, 0.2) is 4.99 Å². The standard InChI is InChI=1S/C12H21N3O.HI/c1-12(2)9(8-4-7-16-10(8)12)14-11-13-5-6-15(11)3;/h8-10H,4-7H2,1-3H3,(H,13,14);1H. The van der Waals surface area contributed by atoms with Crippen LogP contribution in [0.2, 0.25) is 0 Å². The van der Waals surface area contributed by atoms with Crippen LogP contribution < -0.4 is 5.32 Å². The summed E-state index contributed by atoms with van der Waals surface area (Å²) in [5.74, 6) is 1.76. The molecule has 98 valence electrons. The number of nitrogens with one attached hydrogen (secondary N) is 1. The zero-order valence-electron chi connectivity index (χ0n) is 10.8. The summed E-state index contributed by atoms with van der Waals surface area (Å²) in [6, 6.07) is 0.527. The maximum absolute atomic E-state index is 5.80. The van der Waals surface area contributed by atoms with Crippen molar-refractivity contribution in [3.8, 4) is 0 Å². The maximum atomic E-state index is 5.80. The van der Waals surface area contributed by atoms with Gasteiger partial charge in [0.25, 0.3) is 0 Å². The topological polar surface area (TPSA) is 36.9 Å². The first-order valence-corrected chi connectivity index (χ1v) is 6.24. The predicted octanol–water partition coefficient (Wildman–Crippen LogP) is 1.31. The highest BCUT2D eigenvalue weighted by atomic mass is 127. The third-order valence-corrected chi connectivity index (χ3v) is 4.44. The Bertz CT molecular complexity index is 332. The smallest absolute Gasteiger partial charge is 0.194 e. The third-order valence-electron chi connectivity index (χ3n) is 4.44. The van der Waals surface area contributed by atoms with Gasteiger partial charge in [0.05, 0.1) is 12.6 Å². The lowest BCUT2D eigenvalue weighted by Gasteiger charge is -2.55. The van der Waals surface area contributed by atoms with Gasteiger partial charge >= 0.3 is 0 Å². The molecule has 0 amide bonds. The van der Waals surface area contributed by atoms with Gasteiger partial charge in [-0.15, -0.1) is 24.0 Å². The minimum absolute atomic E-state index is 0. The van der Waals surface area contributed by atoms with E-state index in [0.717, 1.165) is 25.7 Å². The van der Waals surface area contributed by atoms with Crippen molar-refractivity contribution in [3.05, 3.63) is 0 Å². The summed E-state index contributed by atoms with van der Waals surface area (Å²) < 4.78 is 5.80. The molecule has 2 fully saturated rings. The minimum atomic E-state index is 0. The molecule has 2 aliphatic heterocycles. The molecule has 1 N–H and O–H groups in total. The number of likely N-dealkylation sites (N-methyl/N-ethyl adjacent to an activating group) is 1. The van der Waals surface area contributed by atoms with Crippen LogP contribution in [0.4, 0.5) is 0 Å². The van der Waals surface area contributed by atoms with Gasteiger partial charge in [0.15, 0.2) is 5.96 Å². The number of ether oxygens (including phenoxy) is 1. The average molecular weight is 351 g/mol. The van der Waals surface area contributed by atoms with Gasteiger partial charge in [-0.25, -0.2) is 0 Å². The second-order valence-electron chi connectivity index (χ2n) is 5.81. The Hall–Kier alpha value is -0.0400. The molecule has 5 heteroatoms. The number of halogens is 1. The lowest BCUT2D eigenvalue weighted by molar-refractivity contribution is -0.107. The molecule has 0 aromatic rings. The van der Waals surface area contributed by atoms with Crippen LogP contribution in [0.25, 0.3) is 0 Å². The van der Waals surface area contributed by atoms with Crippen LogP contribution in [-0.4, -0.2) is 49.7 Å². The van der Waals surface area contributed by atoms with Crippen molar-refractivity contribution in [2.75, 3.05) is 26.7 Å². The molecule has 0 aromatic heterocycles. The fourth-order valence-corrected chi connectivity index (χ4v) is 3.44. The molecule has 0 aromatic carbocycles. The van der Waals surface area contributed by atoms with Crippen molar-refractivity contribution in [1.82, 2.24) is 10.2 Å². The summed E-state index contributed by atoms with van der Waals surface area (Å²) in [6.07, 6.45) is 1.65. The highest BCUT2D eigenvalue weighted by Gasteiger charge is 2.59. The van der Waals surface area contributed by atoms with Gasteiger partial charge in [-0.05, 0) is 6.42 Å². The molecular weight excluding hydrogens is 329 g/mol. The summed E-state index contributed by atoms with van der Waals surface area (Å²) in [5, 5.41) is 3.62. The Morgan fingerprint density at radius 3 is 2.88 bits per heavy atom. The second kappa shape index (κ2) is 4.57. The van der Waals surface area contributed by atoms with Crippen LogP contribution in [0.3, 0.4) is 0 Å². The number of nitrogens with zero attached hydrogens (tertiary/aromatic N) is 2. The van der Waals surface area contributed by atoms with E-state index in [0.29, 0.717) is 18.1 Å². The van der Waals surface area contributed by atoms with Crippen LogP contribution in [0.5, 0.6) is 0 Å². The maximum Gasteiger partial charge on any atom is 0.194 e. The molecule has 3 aliphatic rings. The number of hydrogen-bond donors (Lipinski definition) is 1. The molecular formula is C12H22IN3O. The number of rotatable bonds is 1. The van der Waals surface area contributed by atoms with Gasteiger partial charge in [0, 0.05) is 37.6 Å². The molecule has 0 bridgehead atoms. The van der Waals surface area contributed by atoms with E-state index in [4.69, 9.17) is 4.74 Å². The van der Waals surface area contributed by atoms with Gasteiger partial charge in [0.1, 0.15) is 0 Å². The summed E-state index contributed by atoms with van der Waals surface area (Å²) >= 11 is 0. The fraction of sp³-hybridized carbons (Fsp3) is 0.917. The zero-order chi connectivity index (χ0) is 11.3. The molecule has 1 saturated heterocycles. The van der Waals surface area contributed by atoms with Crippen molar-refractivity contribution in [2.45, 2.75) is 32.4 Å². The molecule has 3 atom stereocenters. The van der Waals surface area contributed by atoms with E-state index < -0.39 is 0 Å². The molecule has 0 spiro atoms. The van der Waals surface area contributed by atoms with Crippen molar-refractivity contribution in [1.29, 1.82) is 0 Å². The quantitative estimate of drug-likeness (QED) is 0.724. The predicted molar refractivity (Wildman–Crippen MR) is 78.9 cm³/mol. The van der Waals surface area contributed by atoms with E-state index in [9.17, 15) is 0 Å². The van der Waals surface area contributed by atoms with E-state index >= 15 is 0 Å². The molecule has 17 heavy (non-hydrogen) atoms. The average Bonchev–Trinajstić information content (AvgIpc) is 2.82. The van der Waals surface area contributed by atoms with Crippen LogP contribution in [0.1, 0.15) is 20.3 Å². The first-order valence-electron chi connectivity index (χ1n) is 6.24. The Kier molecular flexibility index (Phi) is 3.60. The van der Waals surface area contributed by atoms with E-state index in [1.165, 1.54) is 6.42 Å². The lowest BCUT2D eigenvalue weighted by Crippen LogP contribution is -2.67. The zero-order valence-corrected chi connectivity index (χ0v) is 13.1. The van der Waals surface area contributed by atoms with Gasteiger partial charge in [-0.2, -0.15) is 0 Å². The molecule has 3 unspecified atom stereocenters. The minimum Gasteiger partial charge on any atom is -0.377 e. The van der Waals surface area contributed by atoms with E-state index in [1.807, 2.05) is 0 Å². The van der Waals surface area contributed by atoms with Crippen molar-refractivity contribution < 1.29 is 4.74 Å². The Balaban J connectivity index is 0.00000108. The highest BCUT2D eigenvalue weighted by molar-refractivity contribution is 14.0. The Morgan fingerprint density at radius 2 is 2.24 bits per heavy atom. The summed E-state index contributed by atoms with van der Waals surface area (Å²) in [7, 11) is 2.10. The van der Waals surface area contributed by atoms with Gasteiger partial charge in [-0.1, -0.05) is 13.8 Å². The van der Waals surface area contributed by atoms with Crippen molar-refractivity contribution >= 4 is 29.9 Å². The van der Waals surface area contributed by atoms with Crippen LogP contribution in [0, 0.1) is 11.3 Å². The molecule has 4 nitrogen and oxygen atoms in total. The number of aliphatic imine (C=N–C) groups is 1. The van der Waals surface area contributed by atoms with Gasteiger partial charge < -0.3 is 15.0 Å². The molecule has 1 saturated carbocycles. The van der Waals surface area contributed by atoms with E-state index in [2.05, 4.69) is 36.1 Å². The second-order valence-corrected chi connectivity index (χ2v) is 5.81. The monoisotopic (exact) mass is 351 g/mol. The normalized spacial score (nSPS) is 37.9. The van der Waals surface area contributed by atoms with Crippen molar-refractivity contribution in [2.24, 2.45) is 16.3 Å². The molecule has 2 heterocycles. The summed E-state index contributed by atoms with van der Waals surface area (Å²) in [4.78, 5) is 6.72. The molecule has 1 aliphatic carbocycles. The Labute approximate surface area is 120 Å². The number of fused-ring (bicyclic) bond motifs is 1. The van der Waals surface area contributed by atoms with Crippen molar-refractivity contribution in [3.63, 3.8) is 0 Å². The first-order chi connectivity index (χ1) is 7.60. The third kappa shape index (κ3) is 1.95. The number of hydrogen-bond acceptors (Lipinski definition) is 4. The van der Waals surface area contributed by atoms with E-state index in [1.54, 1.807) is 0 Å². The van der Waals surface area contributed by atoms with Gasteiger partial charge in [0.2, 0.25) is 0 Å². The summed E-state index contributed by atoms with van der Waals surface area (Å²) in [5.41, 5.74) is 0.243. The highest BCUT2D eigenvalue weighted by Crippen LogP contribution is 2.52. The molecule has 3 rings (SSSR count). The largest absolute Gasteiger partial charge is 0.377 e.